The minimum absolute atomic E-state index is 0.173. The van der Waals surface area contributed by atoms with E-state index in [1.165, 1.54) is 0 Å². The Labute approximate surface area is 149 Å². The summed E-state index contributed by atoms with van der Waals surface area (Å²) in [7, 11) is 0. The summed E-state index contributed by atoms with van der Waals surface area (Å²) < 4.78 is 7.43. The molecule has 4 heterocycles. The topological polar surface area (TPSA) is 63.5 Å². The Kier molecular flexibility index (Phi) is 4.78. The van der Waals surface area contributed by atoms with Crippen molar-refractivity contribution in [1.29, 1.82) is 0 Å². The second-order valence-electron chi connectivity index (χ2n) is 7.68. The van der Waals surface area contributed by atoms with Gasteiger partial charge in [-0.25, -0.2) is 9.67 Å². The van der Waals surface area contributed by atoms with Gasteiger partial charge in [-0.2, -0.15) is 5.10 Å². The van der Waals surface area contributed by atoms with E-state index >= 15 is 0 Å². The Morgan fingerprint density at radius 2 is 2.12 bits per heavy atom. The number of nitrogens with zero attached hydrogens (tertiary/aromatic N) is 5. The molecule has 3 aliphatic rings. The first-order chi connectivity index (χ1) is 12.2. The molecule has 7 heteroatoms. The molecule has 0 saturated carbocycles. The molecule has 4 rings (SSSR count). The molecule has 0 N–H and O–H groups in total. The van der Waals surface area contributed by atoms with Crippen LogP contribution in [-0.2, 0) is 22.6 Å². The average Bonchev–Trinajstić information content (AvgIpc) is 3.26. The van der Waals surface area contributed by atoms with Crippen LogP contribution in [0.5, 0.6) is 0 Å². The lowest BCUT2D eigenvalue weighted by molar-refractivity contribution is -0.150. The molecule has 1 atom stereocenters. The quantitative estimate of drug-likeness (QED) is 0.821. The maximum absolute atomic E-state index is 13.3. The highest BCUT2D eigenvalue weighted by atomic mass is 16.5. The number of aromatic nitrogens is 3. The maximum Gasteiger partial charge on any atom is 0.230 e. The lowest BCUT2D eigenvalue weighted by Gasteiger charge is -2.44. The first kappa shape index (κ1) is 17.0. The van der Waals surface area contributed by atoms with Crippen molar-refractivity contribution in [3.05, 3.63) is 12.2 Å². The van der Waals surface area contributed by atoms with Gasteiger partial charge in [-0.05, 0) is 45.6 Å². The minimum Gasteiger partial charge on any atom is -0.381 e. The molecule has 0 bridgehead atoms. The second kappa shape index (κ2) is 7.03. The van der Waals surface area contributed by atoms with E-state index < -0.39 is 0 Å². The maximum atomic E-state index is 13.3. The third-order valence-electron chi connectivity index (χ3n) is 6.19. The molecule has 1 amide bonds. The highest BCUT2D eigenvalue weighted by Crippen LogP contribution is 2.41. The van der Waals surface area contributed by atoms with E-state index in [0.717, 1.165) is 83.9 Å². The van der Waals surface area contributed by atoms with Crippen LogP contribution in [0.2, 0.25) is 0 Å². The molecule has 138 valence electrons. The summed E-state index contributed by atoms with van der Waals surface area (Å²) in [6.45, 7) is 8.06. The van der Waals surface area contributed by atoms with Gasteiger partial charge in [-0.15, -0.1) is 0 Å². The Hall–Kier alpha value is -1.47. The molecule has 3 saturated heterocycles. The molecule has 0 aliphatic carbocycles. The monoisotopic (exact) mass is 347 g/mol. The van der Waals surface area contributed by atoms with Gasteiger partial charge in [0.25, 0.3) is 0 Å². The number of hydrogen-bond acceptors (Lipinski definition) is 5. The molecule has 7 nitrogen and oxygen atoms in total. The standard InChI is InChI=1S/C18H29N5O2/c1-2-23-16(19-14-20-23)12-21-9-7-18(13-21)6-3-8-22(17(18)24)15-4-10-25-11-5-15/h14-15H,2-13H2,1H3/t18-/m0/s1. The van der Waals surface area contributed by atoms with Gasteiger partial charge in [-0.3, -0.25) is 9.69 Å². The zero-order valence-electron chi connectivity index (χ0n) is 15.2. The van der Waals surface area contributed by atoms with E-state index in [-0.39, 0.29) is 5.41 Å². The van der Waals surface area contributed by atoms with E-state index in [1.54, 1.807) is 6.33 Å². The van der Waals surface area contributed by atoms with E-state index in [4.69, 9.17) is 4.74 Å². The van der Waals surface area contributed by atoms with Crippen molar-refractivity contribution < 1.29 is 9.53 Å². The Bertz CT molecular complexity index is 612. The van der Waals surface area contributed by atoms with Gasteiger partial charge in [0.1, 0.15) is 12.2 Å². The number of carbonyl (C=O) groups is 1. The molecule has 0 aromatic carbocycles. The van der Waals surface area contributed by atoms with Gasteiger partial charge in [0.15, 0.2) is 0 Å². The summed E-state index contributed by atoms with van der Waals surface area (Å²) in [6.07, 6.45) is 6.75. The largest absolute Gasteiger partial charge is 0.381 e. The predicted molar refractivity (Wildman–Crippen MR) is 92.8 cm³/mol. The average molecular weight is 347 g/mol. The Morgan fingerprint density at radius 1 is 1.28 bits per heavy atom. The van der Waals surface area contributed by atoms with Gasteiger partial charge in [0.05, 0.1) is 12.0 Å². The van der Waals surface area contributed by atoms with Crippen LogP contribution in [-0.4, -0.2) is 69.4 Å². The number of likely N-dealkylation sites (tertiary alicyclic amines) is 2. The van der Waals surface area contributed by atoms with Gasteiger partial charge in [0.2, 0.25) is 5.91 Å². The van der Waals surface area contributed by atoms with E-state index in [0.29, 0.717) is 11.9 Å². The molecule has 1 aromatic heterocycles. The van der Waals surface area contributed by atoms with Crippen LogP contribution in [0.4, 0.5) is 0 Å². The first-order valence-electron chi connectivity index (χ1n) is 9.70. The van der Waals surface area contributed by atoms with Crippen molar-refractivity contribution in [2.24, 2.45) is 5.41 Å². The number of carbonyl (C=O) groups excluding carboxylic acids is 1. The molecule has 1 aromatic rings. The fourth-order valence-corrected chi connectivity index (χ4v) is 4.79. The second-order valence-corrected chi connectivity index (χ2v) is 7.68. The minimum atomic E-state index is -0.173. The third-order valence-corrected chi connectivity index (χ3v) is 6.19. The Morgan fingerprint density at radius 3 is 2.92 bits per heavy atom. The highest BCUT2D eigenvalue weighted by Gasteiger charge is 2.49. The lowest BCUT2D eigenvalue weighted by atomic mass is 9.77. The molecule has 0 radical (unpaired) electrons. The predicted octanol–water partition coefficient (Wildman–Crippen LogP) is 1.29. The van der Waals surface area contributed by atoms with Crippen molar-refractivity contribution in [3.8, 4) is 0 Å². The van der Waals surface area contributed by atoms with E-state index in [1.807, 2.05) is 4.68 Å². The van der Waals surface area contributed by atoms with Crippen molar-refractivity contribution >= 4 is 5.91 Å². The normalized spacial score (nSPS) is 29.0. The molecule has 3 fully saturated rings. The van der Waals surface area contributed by atoms with Gasteiger partial charge in [-0.1, -0.05) is 0 Å². The summed E-state index contributed by atoms with van der Waals surface area (Å²) in [5, 5.41) is 4.26. The van der Waals surface area contributed by atoms with Crippen molar-refractivity contribution in [2.45, 2.75) is 58.2 Å². The van der Waals surface area contributed by atoms with Crippen LogP contribution in [0.25, 0.3) is 0 Å². The SMILES string of the molecule is CCn1ncnc1CN1CC[C@@]2(CCCN(C3CCOCC3)C2=O)C1. The molecule has 25 heavy (non-hydrogen) atoms. The van der Waals surface area contributed by atoms with E-state index in [2.05, 4.69) is 26.8 Å². The number of rotatable bonds is 4. The van der Waals surface area contributed by atoms with E-state index in [9.17, 15) is 4.79 Å². The van der Waals surface area contributed by atoms with Crippen molar-refractivity contribution in [3.63, 3.8) is 0 Å². The number of amides is 1. The summed E-state index contributed by atoms with van der Waals surface area (Å²) >= 11 is 0. The van der Waals surface area contributed by atoms with Crippen LogP contribution in [0.15, 0.2) is 6.33 Å². The first-order valence-corrected chi connectivity index (χ1v) is 9.70. The summed E-state index contributed by atoms with van der Waals surface area (Å²) in [5.41, 5.74) is -0.173. The summed E-state index contributed by atoms with van der Waals surface area (Å²) in [5.74, 6) is 1.40. The van der Waals surface area contributed by atoms with Crippen molar-refractivity contribution in [1.82, 2.24) is 24.6 Å². The molecular formula is C18H29N5O2. The number of ether oxygens (including phenoxy) is 1. The molecule has 1 spiro atoms. The fourth-order valence-electron chi connectivity index (χ4n) is 4.79. The van der Waals surface area contributed by atoms with Crippen LogP contribution in [0, 0.1) is 5.41 Å². The zero-order valence-corrected chi connectivity index (χ0v) is 15.2. The van der Waals surface area contributed by atoms with Crippen LogP contribution in [0.3, 0.4) is 0 Å². The fraction of sp³-hybridized carbons (Fsp3) is 0.833. The van der Waals surface area contributed by atoms with Crippen LogP contribution >= 0.6 is 0 Å². The lowest BCUT2D eigenvalue weighted by Crippen LogP contribution is -2.54. The number of piperidine rings is 1. The Balaban J connectivity index is 1.44. The van der Waals surface area contributed by atoms with Crippen LogP contribution < -0.4 is 0 Å². The molecular weight excluding hydrogens is 318 g/mol. The van der Waals surface area contributed by atoms with Crippen molar-refractivity contribution in [2.75, 3.05) is 32.8 Å². The van der Waals surface area contributed by atoms with Crippen LogP contribution in [0.1, 0.15) is 44.9 Å². The van der Waals surface area contributed by atoms with Gasteiger partial charge >= 0.3 is 0 Å². The summed E-state index contributed by atoms with van der Waals surface area (Å²) in [6, 6.07) is 0.385. The van der Waals surface area contributed by atoms with Gasteiger partial charge in [0, 0.05) is 38.9 Å². The molecule has 0 unspecified atom stereocenters. The zero-order chi connectivity index (χ0) is 17.3. The summed E-state index contributed by atoms with van der Waals surface area (Å²) in [4.78, 5) is 22.3. The number of aryl methyl sites for hydroxylation is 1. The molecule has 3 aliphatic heterocycles. The highest BCUT2D eigenvalue weighted by molar-refractivity contribution is 5.84. The number of hydrogen-bond donors (Lipinski definition) is 0. The third kappa shape index (κ3) is 3.19. The smallest absolute Gasteiger partial charge is 0.230 e. The van der Waals surface area contributed by atoms with Gasteiger partial charge < -0.3 is 9.64 Å².